The van der Waals surface area contributed by atoms with Crippen LogP contribution in [-0.2, 0) is 13.1 Å². The highest BCUT2D eigenvalue weighted by molar-refractivity contribution is 7.05. The van der Waals surface area contributed by atoms with Crippen molar-refractivity contribution < 1.29 is 23.0 Å². The number of rotatable bonds is 6. The van der Waals surface area contributed by atoms with E-state index in [1.807, 2.05) is 0 Å². The molecule has 0 amide bonds. The summed E-state index contributed by atoms with van der Waals surface area (Å²) >= 11 is 1.28. The molecule has 26 heavy (non-hydrogen) atoms. The number of methoxy groups -OCH3 is 1. The number of alkyl halides is 3. The highest BCUT2D eigenvalue weighted by Crippen LogP contribution is 2.26. The van der Waals surface area contributed by atoms with Crippen LogP contribution in [0.4, 0.5) is 19.0 Å². The summed E-state index contributed by atoms with van der Waals surface area (Å²) in [6.45, 7) is -0.225. The number of anilines is 1. The van der Waals surface area contributed by atoms with Crippen LogP contribution in [0.25, 0.3) is 11.2 Å². The second-order valence-electron chi connectivity index (χ2n) is 5.52. The number of hydrogen-bond acceptors (Lipinski definition) is 8. The molecule has 0 unspecified atom stereocenters. The summed E-state index contributed by atoms with van der Waals surface area (Å²) in [4.78, 5) is 15.0. The van der Waals surface area contributed by atoms with Gasteiger partial charge >= 0.3 is 6.18 Å². The molecule has 0 radical (unpaired) electrons. The molecular weight excluding hydrogens is 373 g/mol. The van der Waals surface area contributed by atoms with E-state index >= 15 is 0 Å². The van der Waals surface area contributed by atoms with Crippen LogP contribution in [0.15, 0.2) is 18.7 Å². The standard InChI is InChI=1S/C14H15F3N6O2S/c1-22(4-8-3-10(25-2)21-26-8)12-11-13(19-6-18-12)23(7-20-11)5-9(24)14(15,16)17/h3,6-7,9,24H,4-5H2,1-2H3/t9-/m0/s1. The minimum absolute atomic E-state index is 0.215. The molecule has 0 aromatic carbocycles. The lowest BCUT2D eigenvalue weighted by molar-refractivity contribution is -0.207. The average molecular weight is 388 g/mol. The van der Waals surface area contributed by atoms with E-state index in [-0.39, 0.29) is 5.65 Å². The fourth-order valence-corrected chi connectivity index (χ4v) is 3.08. The Morgan fingerprint density at radius 2 is 2.12 bits per heavy atom. The van der Waals surface area contributed by atoms with Crippen LogP contribution in [0, 0.1) is 0 Å². The summed E-state index contributed by atoms with van der Waals surface area (Å²) in [7, 11) is 3.30. The maximum absolute atomic E-state index is 12.6. The van der Waals surface area contributed by atoms with E-state index in [2.05, 4.69) is 19.3 Å². The number of fused-ring (bicyclic) bond motifs is 1. The molecule has 0 bridgehead atoms. The number of ether oxygens (including phenoxy) is 1. The molecule has 0 saturated heterocycles. The van der Waals surface area contributed by atoms with E-state index in [1.54, 1.807) is 18.0 Å². The first-order valence-corrected chi connectivity index (χ1v) is 8.18. The van der Waals surface area contributed by atoms with Crippen molar-refractivity contribution in [2.24, 2.45) is 0 Å². The SMILES string of the molecule is COc1cc(CN(C)c2ncnc3c2ncn3C[C@H](O)C(F)(F)F)sn1. The zero-order valence-corrected chi connectivity index (χ0v) is 14.6. The molecule has 3 aromatic rings. The minimum atomic E-state index is -4.71. The van der Waals surface area contributed by atoms with E-state index in [0.717, 1.165) is 9.44 Å². The van der Waals surface area contributed by atoms with Crippen molar-refractivity contribution in [1.29, 1.82) is 0 Å². The molecule has 0 spiro atoms. The second kappa shape index (κ2) is 7.03. The molecule has 12 heteroatoms. The molecule has 3 heterocycles. The summed E-state index contributed by atoms with van der Waals surface area (Å²) in [6, 6.07) is 1.79. The first-order chi connectivity index (χ1) is 12.3. The van der Waals surface area contributed by atoms with Crippen molar-refractivity contribution in [3.05, 3.63) is 23.6 Å². The first kappa shape index (κ1) is 18.3. The number of halogens is 3. The van der Waals surface area contributed by atoms with Crippen molar-refractivity contribution in [2.75, 3.05) is 19.1 Å². The molecule has 1 atom stereocenters. The Bertz CT molecular complexity index is 896. The third kappa shape index (κ3) is 3.70. The van der Waals surface area contributed by atoms with Crippen LogP contribution in [0.1, 0.15) is 4.88 Å². The van der Waals surface area contributed by atoms with Gasteiger partial charge in [0.25, 0.3) is 0 Å². The van der Waals surface area contributed by atoms with Gasteiger partial charge in [0.15, 0.2) is 23.1 Å². The molecular formula is C14H15F3N6O2S. The molecule has 0 saturated carbocycles. The smallest absolute Gasteiger partial charge is 0.416 e. The highest BCUT2D eigenvalue weighted by atomic mass is 32.1. The van der Waals surface area contributed by atoms with Crippen LogP contribution in [-0.4, -0.2) is 55.4 Å². The topological polar surface area (TPSA) is 89.2 Å². The van der Waals surface area contributed by atoms with Gasteiger partial charge in [0, 0.05) is 18.0 Å². The lowest BCUT2D eigenvalue weighted by Gasteiger charge is -2.17. The largest absolute Gasteiger partial charge is 0.480 e. The summed E-state index contributed by atoms with van der Waals surface area (Å²) < 4.78 is 48.1. The van der Waals surface area contributed by atoms with Gasteiger partial charge in [-0.3, -0.25) is 0 Å². The fraction of sp³-hybridized carbons (Fsp3) is 0.429. The summed E-state index contributed by atoms with van der Waals surface area (Å²) in [6.07, 6.45) is -4.75. The van der Waals surface area contributed by atoms with E-state index in [1.165, 1.54) is 31.3 Å². The maximum Gasteiger partial charge on any atom is 0.416 e. The normalized spacial score (nSPS) is 13.2. The van der Waals surface area contributed by atoms with Gasteiger partial charge in [-0.15, -0.1) is 0 Å². The monoisotopic (exact) mass is 388 g/mol. The molecule has 0 aliphatic heterocycles. The summed E-state index contributed by atoms with van der Waals surface area (Å²) in [5.74, 6) is 0.972. The Hall–Kier alpha value is -2.47. The van der Waals surface area contributed by atoms with Crippen LogP contribution in [0.3, 0.4) is 0 Å². The van der Waals surface area contributed by atoms with Gasteiger partial charge in [0.1, 0.15) is 6.33 Å². The van der Waals surface area contributed by atoms with Crippen LogP contribution in [0.5, 0.6) is 5.88 Å². The molecule has 8 nitrogen and oxygen atoms in total. The zero-order chi connectivity index (χ0) is 18.9. The van der Waals surface area contributed by atoms with Gasteiger partial charge in [0.05, 0.1) is 26.5 Å². The first-order valence-electron chi connectivity index (χ1n) is 7.41. The second-order valence-corrected chi connectivity index (χ2v) is 6.41. The van der Waals surface area contributed by atoms with Gasteiger partial charge in [-0.25, -0.2) is 15.0 Å². The number of nitrogens with zero attached hydrogens (tertiary/aromatic N) is 6. The van der Waals surface area contributed by atoms with E-state index in [9.17, 15) is 18.3 Å². The Balaban J connectivity index is 1.85. The van der Waals surface area contributed by atoms with E-state index in [4.69, 9.17) is 4.74 Å². The Morgan fingerprint density at radius 1 is 1.35 bits per heavy atom. The number of aromatic nitrogens is 5. The number of imidazole rings is 1. The molecule has 140 valence electrons. The van der Waals surface area contributed by atoms with Crippen LogP contribution < -0.4 is 9.64 Å². The van der Waals surface area contributed by atoms with Gasteiger partial charge in [-0.1, -0.05) is 0 Å². The van der Waals surface area contributed by atoms with Crippen molar-refractivity contribution in [3.8, 4) is 5.88 Å². The van der Waals surface area contributed by atoms with Gasteiger partial charge in [-0.2, -0.15) is 17.5 Å². The lowest BCUT2D eigenvalue weighted by atomic mass is 10.3. The number of aliphatic hydroxyl groups is 1. The highest BCUT2D eigenvalue weighted by Gasteiger charge is 2.38. The molecule has 0 aliphatic carbocycles. The van der Waals surface area contributed by atoms with Gasteiger partial charge in [-0.05, 0) is 11.5 Å². The van der Waals surface area contributed by atoms with Crippen molar-refractivity contribution >= 4 is 28.5 Å². The Morgan fingerprint density at radius 3 is 2.77 bits per heavy atom. The van der Waals surface area contributed by atoms with Gasteiger partial charge in [0.2, 0.25) is 5.88 Å². The quantitative estimate of drug-likeness (QED) is 0.689. The molecule has 1 N–H and O–H groups in total. The fourth-order valence-electron chi connectivity index (χ4n) is 2.34. The molecule has 3 aromatic heterocycles. The number of hydrogen-bond donors (Lipinski definition) is 1. The summed E-state index contributed by atoms with van der Waals surface area (Å²) in [5, 5.41) is 9.27. The van der Waals surface area contributed by atoms with Crippen molar-refractivity contribution in [2.45, 2.75) is 25.4 Å². The molecule has 0 aliphatic rings. The third-order valence-corrected chi connectivity index (χ3v) is 4.38. The molecule has 3 rings (SSSR count). The Kier molecular flexibility index (Phi) is 4.96. The number of aliphatic hydroxyl groups excluding tert-OH is 1. The lowest BCUT2D eigenvalue weighted by Crippen LogP contribution is -2.32. The van der Waals surface area contributed by atoms with E-state index < -0.39 is 18.8 Å². The maximum atomic E-state index is 12.6. The van der Waals surface area contributed by atoms with Crippen LogP contribution >= 0.6 is 11.5 Å². The third-order valence-electron chi connectivity index (χ3n) is 3.63. The van der Waals surface area contributed by atoms with Crippen molar-refractivity contribution in [3.63, 3.8) is 0 Å². The van der Waals surface area contributed by atoms with Gasteiger partial charge < -0.3 is 19.3 Å². The van der Waals surface area contributed by atoms with Crippen LogP contribution in [0.2, 0.25) is 0 Å². The predicted octanol–water partition coefficient (Wildman–Crippen LogP) is 1.85. The Labute approximate surface area is 150 Å². The minimum Gasteiger partial charge on any atom is -0.480 e. The predicted molar refractivity (Wildman–Crippen MR) is 88.2 cm³/mol. The average Bonchev–Trinajstić information content (AvgIpc) is 3.20. The zero-order valence-electron chi connectivity index (χ0n) is 13.8. The van der Waals surface area contributed by atoms with Crippen molar-refractivity contribution in [1.82, 2.24) is 23.9 Å². The van der Waals surface area contributed by atoms with E-state index in [0.29, 0.717) is 23.8 Å². The summed E-state index contributed by atoms with van der Waals surface area (Å²) in [5.41, 5.74) is 0.563. The molecule has 0 fully saturated rings.